The third-order valence-corrected chi connectivity index (χ3v) is 5.10. The average Bonchev–Trinajstić information content (AvgIpc) is 3.14. The highest BCUT2D eigenvalue weighted by molar-refractivity contribution is 7.89. The van der Waals surface area contributed by atoms with Crippen molar-refractivity contribution < 1.29 is 13.2 Å². The fourth-order valence-corrected chi connectivity index (χ4v) is 3.61. The first-order valence-corrected chi connectivity index (χ1v) is 9.06. The fraction of sp³-hybridized carbons (Fsp3) is 0.0714. The van der Waals surface area contributed by atoms with Crippen LogP contribution in [0.3, 0.4) is 0 Å². The number of carbonyl (C=O) groups is 1. The quantitative estimate of drug-likeness (QED) is 0.653. The second-order valence-electron chi connectivity index (χ2n) is 4.80. The number of aromatic nitrogens is 2. The predicted octanol–water partition coefficient (Wildman–Crippen LogP) is 0.820. The number of thiazole rings is 1. The van der Waals surface area contributed by atoms with Crippen LogP contribution in [0.15, 0.2) is 46.9 Å². The lowest BCUT2D eigenvalue weighted by molar-refractivity contribution is -0.120. The summed E-state index contributed by atoms with van der Waals surface area (Å²) < 4.78 is 26.0. The summed E-state index contributed by atoms with van der Waals surface area (Å²) >= 11 is 1.44. The summed E-state index contributed by atoms with van der Waals surface area (Å²) in [4.78, 5) is 18.8. The number of hydrogen-bond acceptors (Lipinski definition) is 6. The molecule has 3 rings (SSSR count). The number of nitrogens with one attached hydrogen (secondary N) is 2. The van der Waals surface area contributed by atoms with Crippen LogP contribution in [-0.4, -0.2) is 23.7 Å². The van der Waals surface area contributed by atoms with E-state index in [9.17, 15) is 13.2 Å². The van der Waals surface area contributed by atoms with E-state index in [1.807, 2.05) is 22.5 Å². The zero-order valence-corrected chi connectivity index (χ0v) is 13.8. The highest BCUT2D eigenvalue weighted by atomic mass is 32.2. The molecule has 10 heteroatoms. The van der Waals surface area contributed by atoms with Crippen molar-refractivity contribution in [2.75, 3.05) is 0 Å². The molecule has 24 heavy (non-hydrogen) atoms. The summed E-state index contributed by atoms with van der Waals surface area (Å²) in [5.41, 5.74) is 2.88. The largest absolute Gasteiger partial charge is 0.297 e. The van der Waals surface area contributed by atoms with Gasteiger partial charge in [-0.2, -0.15) is 5.26 Å². The van der Waals surface area contributed by atoms with E-state index in [-0.39, 0.29) is 16.9 Å². The van der Waals surface area contributed by atoms with E-state index in [0.29, 0.717) is 5.69 Å². The van der Waals surface area contributed by atoms with Gasteiger partial charge in [-0.05, 0) is 18.2 Å². The van der Waals surface area contributed by atoms with Crippen LogP contribution < -0.4 is 10.3 Å². The van der Waals surface area contributed by atoms with Crippen LogP contribution in [-0.2, 0) is 21.2 Å². The van der Waals surface area contributed by atoms with E-state index < -0.39 is 15.9 Å². The van der Waals surface area contributed by atoms with E-state index in [1.54, 1.807) is 10.6 Å². The first-order valence-electron chi connectivity index (χ1n) is 6.70. The molecule has 0 radical (unpaired) electrons. The Balaban J connectivity index is 1.64. The van der Waals surface area contributed by atoms with Crippen LogP contribution in [0.25, 0.3) is 4.96 Å². The van der Waals surface area contributed by atoms with Gasteiger partial charge in [-0.25, -0.2) is 13.4 Å². The van der Waals surface area contributed by atoms with Gasteiger partial charge in [0.25, 0.3) is 10.0 Å². The van der Waals surface area contributed by atoms with Crippen molar-refractivity contribution in [2.24, 2.45) is 0 Å². The van der Waals surface area contributed by atoms with E-state index in [2.05, 4.69) is 10.4 Å². The third kappa shape index (κ3) is 3.43. The van der Waals surface area contributed by atoms with Gasteiger partial charge in [0, 0.05) is 17.8 Å². The number of rotatable bonds is 5. The maximum Gasteiger partial charge on any atom is 0.257 e. The summed E-state index contributed by atoms with van der Waals surface area (Å²) in [6, 6.07) is 7.35. The number of nitrogens with zero attached hydrogens (tertiary/aromatic N) is 3. The summed E-state index contributed by atoms with van der Waals surface area (Å²) in [7, 11) is -3.95. The molecule has 1 amide bonds. The van der Waals surface area contributed by atoms with Crippen LogP contribution in [0.4, 0.5) is 0 Å². The first-order chi connectivity index (χ1) is 11.5. The molecule has 0 unspecified atom stereocenters. The summed E-state index contributed by atoms with van der Waals surface area (Å²) in [6.45, 7) is 0. The van der Waals surface area contributed by atoms with Gasteiger partial charge in [0.15, 0.2) is 4.96 Å². The Morgan fingerprint density at radius 2 is 2.25 bits per heavy atom. The molecule has 0 aliphatic carbocycles. The molecular formula is C14H11N5O3S2. The number of amides is 1. The Bertz CT molecular complexity index is 1020. The predicted molar refractivity (Wildman–Crippen MR) is 86.4 cm³/mol. The van der Waals surface area contributed by atoms with Crippen LogP contribution in [0.2, 0.25) is 0 Å². The van der Waals surface area contributed by atoms with E-state index in [4.69, 9.17) is 5.26 Å². The van der Waals surface area contributed by atoms with Crippen molar-refractivity contribution in [3.8, 4) is 6.07 Å². The molecule has 122 valence electrons. The maximum absolute atomic E-state index is 12.1. The van der Waals surface area contributed by atoms with Crippen molar-refractivity contribution in [1.29, 1.82) is 5.26 Å². The second kappa shape index (κ2) is 6.40. The molecule has 2 N–H and O–H groups in total. The molecule has 0 aliphatic rings. The Morgan fingerprint density at radius 1 is 1.42 bits per heavy atom. The van der Waals surface area contributed by atoms with Gasteiger partial charge in [-0.15, -0.1) is 16.2 Å². The zero-order valence-electron chi connectivity index (χ0n) is 12.1. The Kier molecular flexibility index (Phi) is 4.30. The number of nitriles is 1. The lowest BCUT2D eigenvalue weighted by atomic mass is 10.2. The monoisotopic (exact) mass is 361 g/mol. The Morgan fingerprint density at radius 3 is 3.00 bits per heavy atom. The SMILES string of the molecule is N#Cc1cccc(S(=O)(=O)NNC(=O)Cc2cn3ccsc3n2)c1. The van der Waals surface area contributed by atoms with Gasteiger partial charge >= 0.3 is 0 Å². The highest BCUT2D eigenvalue weighted by Crippen LogP contribution is 2.12. The third-order valence-electron chi connectivity index (χ3n) is 3.08. The number of imidazole rings is 1. The average molecular weight is 361 g/mol. The molecule has 0 spiro atoms. The number of carbonyl (C=O) groups excluding carboxylic acids is 1. The highest BCUT2D eigenvalue weighted by Gasteiger charge is 2.16. The van der Waals surface area contributed by atoms with Crippen LogP contribution >= 0.6 is 11.3 Å². The van der Waals surface area contributed by atoms with Gasteiger partial charge in [-0.3, -0.25) is 14.6 Å². The Labute approximate surface area is 141 Å². The molecule has 1 aromatic carbocycles. The number of benzene rings is 1. The lowest BCUT2D eigenvalue weighted by Gasteiger charge is -2.08. The molecule has 0 saturated carbocycles. The minimum Gasteiger partial charge on any atom is -0.297 e. The van der Waals surface area contributed by atoms with Crippen molar-refractivity contribution in [1.82, 2.24) is 19.6 Å². The lowest BCUT2D eigenvalue weighted by Crippen LogP contribution is -2.42. The van der Waals surface area contributed by atoms with Crippen LogP contribution in [0.1, 0.15) is 11.3 Å². The fourth-order valence-electron chi connectivity index (χ4n) is 1.99. The molecule has 8 nitrogen and oxygen atoms in total. The summed E-state index contributed by atoms with van der Waals surface area (Å²) in [5, 5.41) is 10.7. The molecule has 2 aromatic heterocycles. The van der Waals surface area contributed by atoms with Crippen LogP contribution in [0, 0.1) is 11.3 Å². The number of fused-ring (bicyclic) bond motifs is 1. The first kappa shape index (κ1) is 16.1. The molecule has 0 atom stereocenters. The van der Waals surface area contributed by atoms with Gasteiger partial charge in [0.1, 0.15) is 0 Å². The zero-order chi connectivity index (χ0) is 17.2. The van der Waals surface area contributed by atoms with Crippen molar-refractivity contribution in [2.45, 2.75) is 11.3 Å². The minimum absolute atomic E-state index is 0.0604. The molecule has 0 bridgehead atoms. The number of hydrazine groups is 1. The standard InChI is InChI=1S/C14H11N5O3S2/c15-8-10-2-1-3-12(6-10)24(21,22)18-17-13(20)7-11-9-19-4-5-23-14(19)16-11/h1-6,9,18H,7H2,(H,17,20). The van der Waals surface area contributed by atoms with Crippen molar-refractivity contribution >= 4 is 32.2 Å². The molecule has 0 saturated heterocycles. The van der Waals surface area contributed by atoms with E-state index in [0.717, 1.165) is 4.96 Å². The van der Waals surface area contributed by atoms with Gasteiger partial charge in [0.2, 0.25) is 5.91 Å². The van der Waals surface area contributed by atoms with Crippen molar-refractivity contribution in [3.05, 3.63) is 53.3 Å². The maximum atomic E-state index is 12.1. The van der Waals surface area contributed by atoms with Gasteiger partial charge < -0.3 is 0 Å². The molecule has 3 aromatic rings. The molecule has 2 heterocycles. The molecule has 0 aliphatic heterocycles. The topological polar surface area (TPSA) is 116 Å². The second-order valence-corrected chi connectivity index (χ2v) is 7.35. The Hall–Kier alpha value is -2.74. The number of hydrogen-bond donors (Lipinski definition) is 2. The molecule has 0 fully saturated rings. The number of sulfonamides is 1. The minimum atomic E-state index is -3.95. The van der Waals surface area contributed by atoms with E-state index in [1.165, 1.54) is 35.6 Å². The van der Waals surface area contributed by atoms with Crippen molar-refractivity contribution in [3.63, 3.8) is 0 Å². The molecular weight excluding hydrogens is 350 g/mol. The smallest absolute Gasteiger partial charge is 0.257 e. The normalized spacial score (nSPS) is 11.3. The van der Waals surface area contributed by atoms with Gasteiger partial charge in [-0.1, -0.05) is 6.07 Å². The van der Waals surface area contributed by atoms with Crippen LogP contribution in [0.5, 0.6) is 0 Å². The van der Waals surface area contributed by atoms with Gasteiger partial charge in [0.05, 0.1) is 28.6 Å². The summed E-state index contributed by atoms with van der Waals surface area (Å²) in [6.07, 6.45) is 3.46. The summed E-state index contributed by atoms with van der Waals surface area (Å²) in [5.74, 6) is -0.541. The van der Waals surface area contributed by atoms with E-state index >= 15 is 0 Å².